The van der Waals surface area contributed by atoms with Gasteiger partial charge in [0.2, 0.25) is 10.0 Å². The van der Waals surface area contributed by atoms with Crippen LogP contribution in [0, 0.1) is 5.92 Å². The second-order valence-electron chi connectivity index (χ2n) is 7.49. The van der Waals surface area contributed by atoms with Crippen LogP contribution in [0.3, 0.4) is 0 Å². The highest BCUT2D eigenvalue weighted by Gasteiger charge is 2.16. The van der Waals surface area contributed by atoms with Crippen LogP contribution in [0.25, 0.3) is 0 Å². The molecule has 3 aromatic rings. The summed E-state index contributed by atoms with van der Waals surface area (Å²) in [6.45, 7) is 4.78. The van der Waals surface area contributed by atoms with Crippen molar-refractivity contribution in [2.45, 2.75) is 25.3 Å². The van der Waals surface area contributed by atoms with Gasteiger partial charge in [-0.2, -0.15) is 0 Å². The molecule has 7 heteroatoms. The van der Waals surface area contributed by atoms with Gasteiger partial charge in [-0.1, -0.05) is 56.3 Å². The topological polar surface area (TPSA) is 84.5 Å². The van der Waals surface area contributed by atoms with Crippen molar-refractivity contribution in [2.75, 3.05) is 11.9 Å². The molecule has 0 radical (unpaired) electrons. The number of para-hydroxylation sites is 1. The average Bonchev–Trinajstić information content (AvgIpc) is 2.77. The van der Waals surface area contributed by atoms with E-state index in [0.29, 0.717) is 29.5 Å². The molecule has 2 N–H and O–H groups in total. The van der Waals surface area contributed by atoms with Gasteiger partial charge >= 0.3 is 0 Å². The number of benzene rings is 3. The lowest BCUT2D eigenvalue weighted by Gasteiger charge is -2.13. The van der Waals surface area contributed by atoms with Gasteiger partial charge in [0.15, 0.2) is 0 Å². The van der Waals surface area contributed by atoms with Crippen LogP contribution < -0.4 is 14.8 Å². The Morgan fingerprint density at radius 3 is 2.23 bits per heavy atom. The fourth-order valence-corrected chi connectivity index (χ4v) is 3.83. The number of hydrogen-bond acceptors (Lipinski definition) is 4. The van der Waals surface area contributed by atoms with Crippen molar-refractivity contribution in [3.05, 3.63) is 90.0 Å². The van der Waals surface area contributed by atoms with E-state index in [9.17, 15) is 13.2 Å². The lowest BCUT2D eigenvalue weighted by Crippen LogP contribution is -2.23. The summed E-state index contributed by atoms with van der Waals surface area (Å²) in [5.74, 6) is 0.524. The Labute approximate surface area is 183 Å². The molecule has 0 unspecified atom stereocenters. The van der Waals surface area contributed by atoms with Crippen molar-refractivity contribution < 1.29 is 17.9 Å². The molecule has 0 spiro atoms. The maximum Gasteiger partial charge on any atom is 0.259 e. The highest BCUT2D eigenvalue weighted by Crippen LogP contribution is 2.21. The van der Waals surface area contributed by atoms with Crippen molar-refractivity contribution in [3.63, 3.8) is 0 Å². The van der Waals surface area contributed by atoms with Crippen molar-refractivity contribution >= 4 is 21.6 Å². The minimum Gasteiger partial charge on any atom is -0.492 e. The maximum atomic E-state index is 12.7. The monoisotopic (exact) mass is 438 g/mol. The zero-order valence-electron chi connectivity index (χ0n) is 17.5. The summed E-state index contributed by atoms with van der Waals surface area (Å²) in [5, 5.41) is 2.79. The number of carbonyl (C=O) groups excluding carboxylic acids is 1. The third-order valence-corrected chi connectivity index (χ3v) is 5.85. The molecule has 0 saturated heterocycles. The van der Waals surface area contributed by atoms with E-state index in [-0.39, 0.29) is 17.3 Å². The molecule has 3 aromatic carbocycles. The average molecular weight is 439 g/mol. The summed E-state index contributed by atoms with van der Waals surface area (Å²) in [6, 6.07) is 22.4. The molecule has 162 valence electrons. The molecule has 31 heavy (non-hydrogen) atoms. The molecule has 0 aliphatic rings. The zero-order valence-corrected chi connectivity index (χ0v) is 18.4. The van der Waals surface area contributed by atoms with E-state index in [4.69, 9.17) is 4.74 Å². The Hall–Kier alpha value is -3.16. The lowest BCUT2D eigenvalue weighted by molar-refractivity contribution is 0.102. The molecule has 6 nitrogen and oxygen atoms in total. The molecule has 0 bridgehead atoms. The minimum absolute atomic E-state index is 0.127. The van der Waals surface area contributed by atoms with Crippen LogP contribution in [0.15, 0.2) is 83.8 Å². The van der Waals surface area contributed by atoms with Crippen LogP contribution in [0.1, 0.15) is 29.8 Å². The van der Waals surface area contributed by atoms with Crippen LogP contribution >= 0.6 is 0 Å². The van der Waals surface area contributed by atoms with Crippen LogP contribution in [0.5, 0.6) is 5.75 Å². The number of rotatable bonds is 9. The molecule has 0 heterocycles. The summed E-state index contributed by atoms with van der Waals surface area (Å²) in [5.41, 5.74) is 1.78. The van der Waals surface area contributed by atoms with Gasteiger partial charge in [0.1, 0.15) is 5.75 Å². The molecule has 0 saturated carbocycles. The van der Waals surface area contributed by atoms with Gasteiger partial charge in [-0.05, 0) is 47.9 Å². The van der Waals surface area contributed by atoms with Gasteiger partial charge in [0.05, 0.1) is 17.1 Å². The first-order valence-electron chi connectivity index (χ1n) is 10.0. The first kappa shape index (κ1) is 22.5. The summed E-state index contributed by atoms with van der Waals surface area (Å²) in [4.78, 5) is 12.8. The lowest BCUT2D eigenvalue weighted by atomic mass is 10.1. The van der Waals surface area contributed by atoms with E-state index in [2.05, 4.69) is 10.0 Å². The van der Waals surface area contributed by atoms with Crippen molar-refractivity contribution in [2.24, 2.45) is 5.92 Å². The van der Waals surface area contributed by atoms with Gasteiger partial charge in [-0.3, -0.25) is 4.79 Å². The quantitative estimate of drug-likeness (QED) is 0.517. The first-order chi connectivity index (χ1) is 14.8. The molecular weight excluding hydrogens is 412 g/mol. The molecule has 0 aromatic heterocycles. The number of ether oxygens (including phenoxy) is 1. The molecule has 0 aliphatic heterocycles. The molecule has 3 rings (SSSR count). The maximum absolute atomic E-state index is 12.7. The van der Waals surface area contributed by atoms with Gasteiger partial charge in [-0.15, -0.1) is 0 Å². The molecule has 0 fully saturated rings. The smallest absolute Gasteiger partial charge is 0.259 e. The summed E-state index contributed by atoms with van der Waals surface area (Å²) in [6.07, 6.45) is 0. The standard InChI is InChI=1S/C24H26N2O4S/c1-18(2)17-30-23-11-7-6-10-22(23)24(27)26-20-12-14-21(15-13-20)31(28,29)25-16-19-8-4-3-5-9-19/h3-15,18,25H,16-17H2,1-2H3,(H,26,27). The van der Waals surface area contributed by atoms with E-state index < -0.39 is 10.0 Å². The van der Waals surface area contributed by atoms with Gasteiger partial charge in [0.25, 0.3) is 5.91 Å². The summed E-state index contributed by atoms with van der Waals surface area (Å²) < 4.78 is 33.3. The largest absolute Gasteiger partial charge is 0.492 e. The zero-order chi connectivity index (χ0) is 22.3. The van der Waals surface area contributed by atoms with Crippen LogP contribution in [0.4, 0.5) is 5.69 Å². The Bertz CT molecular complexity index is 1110. The molecule has 0 atom stereocenters. The Morgan fingerprint density at radius 2 is 1.55 bits per heavy atom. The molecule has 0 aliphatic carbocycles. The van der Waals surface area contributed by atoms with E-state index in [1.165, 1.54) is 12.1 Å². The molecular formula is C24H26N2O4S. The van der Waals surface area contributed by atoms with Crippen molar-refractivity contribution in [1.29, 1.82) is 0 Å². The van der Waals surface area contributed by atoms with E-state index in [0.717, 1.165) is 5.56 Å². The van der Waals surface area contributed by atoms with E-state index >= 15 is 0 Å². The molecule has 1 amide bonds. The second-order valence-corrected chi connectivity index (χ2v) is 9.26. The van der Waals surface area contributed by atoms with E-state index in [1.807, 2.05) is 50.2 Å². The number of anilines is 1. The third-order valence-electron chi connectivity index (χ3n) is 4.44. The highest BCUT2D eigenvalue weighted by molar-refractivity contribution is 7.89. The van der Waals surface area contributed by atoms with Crippen LogP contribution in [-0.4, -0.2) is 20.9 Å². The third kappa shape index (κ3) is 6.41. The predicted molar refractivity (Wildman–Crippen MR) is 122 cm³/mol. The number of amides is 1. The van der Waals surface area contributed by atoms with Crippen LogP contribution in [-0.2, 0) is 16.6 Å². The fraction of sp³-hybridized carbons (Fsp3) is 0.208. The second kappa shape index (κ2) is 10.2. The highest BCUT2D eigenvalue weighted by atomic mass is 32.2. The van der Waals surface area contributed by atoms with Gasteiger partial charge < -0.3 is 10.1 Å². The Morgan fingerprint density at radius 1 is 0.903 bits per heavy atom. The number of hydrogen-bond donors (Lipinski definition) is 2. The predicted octanol–water partition coefficient (Wildman–Crippen LogP) is 4.45. The Balaban J connectivity index is 1.66. The van der Waals surface area contributed by atoms with Gasteiger partial charge in [-0.25, -0.2) is 13.1 Å². The number of sulfonamides is 1. The van der Waals surface area contributed by atoms with Crippen LogP contribution in [0.2, 0.25) is 0 Å². The first-order valence-corrected chi connectivity index (χ1v) is 11.5. The van der Waals surface area contributed by atoms with Gasteiger partial charge in [0, 0.05) is 12.2 Å². The normalized spacial score (nSPS) is 11.3. The summed E-state index contributed by atoms with van der Waals surface area (Å²) >= 11 is 0. The summed E-state index contributed by atoms with van der Waals surface area (Å²) in [7, 11) is -3.66. The van der Waals surface area contributed by atoms with E-state index in [1.54, 1.807) is 30.3 Å². The Kier molecular flexibility index (Phi) is 7.44. The number of nitrogens with one attached hydrogen (secondary N) is 2. The number of carbonyl (C=O) groups is 1. The van der Waals surface area contributed by atoms with Crippen molar-refractivity contribution in [3.8, 4) is 5.75 Å². The fourth-order valence-electron chi connectivity index (χ4n) is 2.81. The SMILES string of the molecule is CC(C)COc1ccccc1C(=O)Nc1ccc(S(=O)(=O)NCc2ccccc2)cc1. The minimum atomic E-state index is -3.66. The van der Waals surface area contributed by atoms with Crippen molar-refractivity contribution in [1.82, 2.24) is 4.72 Å².